The van der Waals surface area contributed by atoms with E-state index in [-0.39, 0.29) is 4.57 Å². The van der Waals surface area contributed by atoms with Crippen molar-refractivity contribution in [3.05, 3.63) is 18.7 Å². The molecule has 11 heteroatoms. The Balaban J connectivity index is 0.000000621. The number of halogens is 6. The minimum atomic E-state index is -5.59. The lowest BCUT2D eigenvalue weighted by Gasteiger charge is -2.18. The molecule has 0 aliphatic heterocycles. The zero-order valence-corrected chi connectivity index (χ0v) is 9.87. The van der Waals surface area contributed by atoms with Gasteiger partial charge in [0.1, 0.15) is 12.4 Å². The number of hydrogen-bond donors (Lipinski definition) is 1. The van der Waals surface area contributed by atoms with Crippen molar-refractivity contribution in [1.82, 2.24) is 9.88 Å². The summed E-state index contributed by atoms with van der Waals surface area (Å²) in [4.78, 5) is 0. The van der Waals surface area contributed by atoms with Gasteiger partial charge in [-0.3, -0.25) is 0 Å². The van der Waals surface area contributed by atoms with Crippen LogP contribution in [-0.4, -0.2) is 16.9 Å². The molecule has 1 atom stereocenters. The Morgan fingerprint density at radius 1 is 1.20 bits per heavy atom. The Morgan fingerprint density at radius 2 is 1.70 bits per heavy atom. The molecule has 0 radical (unpaired) electrons. The van der Waals surface area contributed by atoms with Gasteiger partial charge in [-0.2, -0.15) is 37.0 Å². The van der Waals surface area contributed by atoms with E-state index in [9.17, 15) is 26.3 Å². The maximum Gasteiger partial charge on any atom is 0.437 e. The summed E-state index contributed by atoms with van der Waals surface area (Å²) in [6.45, 7) is 0. The number of aromatic nitrogens is 2. The number of hydrogen-bond acceptors (Lipinski definition) is 3. The largest absolute Gasteiger partial charge is 0.437 e. The van der Waals surface area contributed by atoms with Crippen molar-refractivity contribution in [3.8, 4) is 12.4 Å². The number of imidazole rings is 1. The number of nitrogens with one attached hydrogen (secondary N) is 1. The highest BCUT2D eigenvalue weighted by Gasteiger charge is 2.61. The first-order chi connectivity index (χ1) is 9.07. The third-order valence-corrected chi connectivity index (χ3v) is 1.82. The van der Waals surface area contributed by atoms with E-state index in [0.29, 0.717) is 12.5 Å². The number of nitrogens with zero attached hydrogens (tertiary/aromatic N) is 4. The predicted octanol–water partition coefficient (Wildman–Crippen LogP) is 1.30. The van der Waals surface area contributed by atoms with Crippen LogP contribution in [-0.2, 0) is 13.1 Å². The average molecular weight is 300 g/mol. The fourth-order valence-electron chi connectivity index (χ4n) is 0.979. The summed E-state index contributed by atoms with van der Waals surface area (Å²) in [5.74, 6) is 0. The van der Waals surface area contributed by atoms with Crippen LogP contribution in [0.3, 0.4) is 0 Å². The van der Waals surface area contributed by atoms with Crippen LogP contribution >= 0.6 is 0 Å². The van der Waals surface area contributed by atoms with Gasteiger partial charge in [-0.1, -0.05) is 0 Å². The Hall–Kier alpha value is -2.43. The van der Waals surface area contributed by atoms with Crippen molar-refractivity contribution >= 4 is 0 Å². The summed E-state index contributed by atoms with van der Waals surface area (Å²) in [6.07, 6.45) is -4.59. The lowest BCUT2D eigenvalue weighted by atomic mass is 10.3. The van der Waals surface area contributed by atoms with Crippen LogP contribution in [0.5, 0.6) is 0 Å². The molecule has 1 heterocycles. The minimum absolute atomic E-state index is 0.120. The lowest BCUT2D eigenvalue weighted by Crippen LogP contribution is -2.43. The second-order valence-corrected chi connectivity index (χ2v) is 3.33. The van der Waals surface area contributed by atoms with Gasteiger partial charge in [-0.25, -0.2) is 14.3 Å². The molecule has 20 heavy (non-hydrogen) atoms. The van der Waals surface area contributed by atoms with Gasteiger partial charge in [0.25, 0.3) is 0 Å². The number of alkyl halides is 6. The average Bonchev–Trinajstić information content (AvgIpc) is 2.76. The molecule has 0 spiro atoms. The van der Waals surface area contributed by atoms with Crippen LogP contribution < -0.4 is 9.88 Å². The molecule has 0 fully saturated rings. The molecule has 1 N–H and O–H groups in total. The molecule has 0 bridgehead atoms. The molecule has 1 unspecified atom stereocenters. The Morgan fingerprint density at radius 3 is 1.95 bits per heavy atom. The molecule has 0 aliphatic carbocycles. The second kappa shape index (κ2) is 6.65. The maximum atomic E-state index is 12.9. The molecule has 0 aliphatic rings. The Labute approximate surface area is 109 Å². The Kier molecular flexibility index (Phi) is 5.85. The topological polar surface area (TPSA) is 68.4 Å². The molecular weight excluding hydrogens is 292 g/mol. The molecule has 1 rings (SSSR count). The van der Waals surface area contributed by atoms with Crippen molar-refractivity contribution in [1.29, 1.82) is 10.5 Å². The third kappa shape index (κ3) is 4.68. The van der Waals surface area contributed by atoms with E-state index in [0.717, 1.165) is 10.8 Å². The van der Waals surface area contributed by atoms with E-state index in [1.165, 1.54) is 19.4 Å². The smallest absolute Gasteiger partial charge is 0.239 e. The lowest BCUT2D eigenvalue weighted by molar-refractivity contribution is -0.671. The molecule has 0 amide bonds. The van der Waals surface area contributed by atoms with E-state index >= 15 is 0 Å². The van der Waals surface area contributed by atoms with Crippen molar-refractivity contribution in [2.24, 2.45) is 7.05 Å². The van der Waals surface area contributed by atoms with E-state index in [1.807, 2.05) is 0 Å². The van der Waals surface area contributed by atoms with Crippen molar-refractivity contribution in [2.75, 3.05) is 0 Å². The molecule has 0 saturated carbocycles. The first-order valence-electron chi connectivity index (χ1n) is 4.72. The van der Waals surface area contributed by atoms with Gasteiger partial charge in [0.05, 0.1) is 7.05 Å². The fraction of sp³-hybridized carbons (Fsp3) is 0.444. The van der Waals surface area contributed by atoms with E-state index in [1.54, 1.807) is 5.32 Å². The van der Waals surface area contributed by atoms with Gasteiger partial charge in [0, 0.05) is 0 Å². The minimum Gasteiger partial charge on any atom is -0.239 e. The number of rotatable bonds is 2. The molecule has 5 nitrogen and oxygen atoms in total. The van der Waals surface area contributed by atoms with Crippen LogP contribution in [0.4, 0.5) is 26.3 Å². The van der Waals surface area contributed by atoms with Gasteiger partial charge < -0.3 is 0 Å². The maximum absolute atomic E-state index is 12.9. The van der Waals surface area contributed by atoms with Gasteiger partial charge in [0.2, 0.25) is 6.33 Å². The van der Waals surface area contributed by atoms with Crippen LogP contribution in [0.25, 0.3) is 0 Å². The first kappa shape index (κ1) is 17.6. The first-order valence-corrected chi connectivity index (χ1v) is 4.72. The van der Waals surface area contributed by atoms with Gasteiger partial charge in [0.15, 0.2) is 12.4 Å². The van der Waals surface area contributed by atoms with Crippen LogP contribution in [0.15, 0.2) is 18.7 Å². The SMILES string of the molecule is C[n+]1ccn(C(F)(F)C(F)C(F)(F)F)c1.N#CNC#N. The molecule has 0 saturated heterocycles. The van der Waals surface area contributed by atoms with Gasteiger partial charge in [-0.15, -0.1) is 0 Å². The van der Waals surface area contributed by atoms with E-state index < -0.39 is 18.4 Å². The highest BCUT2D eigenvalue weighted by Crippen LogP contribution is 2.37. The Bertz CT molecular complexity index is 496. The normalized spacial score (nSPS) is 12.4. The number of nitriles is 2. The molecular formula is C9H8F6N5+. The zero-order chi connectivity index (χ0) is 16.0. The van der Waals surface area contributed by atoms with E-state index in [4.69, 9.17) is 10.5 Å². The summed E-state index contributed by atoms with van der Waals surface area (Å²) >= 11 is 0. The predicted molar refractivity (Wildman–Crippen MR) is 51.1 cm³/mol. The highest BCUT2D eigenvalue weighted by molar-refractivity contribution is 4.83. The van der Waals surface area contributed by atoms with E-state index in [2.05, 4.69) is 0 Å². The standard InChI is InChI=1S/C7H7F6N2.C2HN3/c1-14-2-3-15(4-14)7(12,13)5(8)6(9,10)11;3-1-5-2-4/h2-5H,1H3;5H/q+1;. The fourth-order valence-corrected chi connectivity index (χ4v) is 0.979. The summed E-state index contributed by atoms with van der Waals surface area (Å²) in [6, 6.07) is -4.64. The molecule has 1 aromatic rings. The van der Waals surface area contributed by atoms with Crippen LogP contribution in [0.1, 0.15) is 0 Å². The van der Waals surface area contributed by atoms with Crippen LogP contribution in [0, 0.1) is 22.9 Å². The second-order valence-electron chi connectivity index (χ2n) is 3.33. The highest BCUT2D eigenvalue weighted by atomic mass is 19.4. The summed E-state index contributed by atoms with van der Waals surface area (Å²) in [7, 11) is 1.33. The summed E-state index contributed by atoms with van der Waals surface area (Å²) in [5, 5.41) is 16.7. The van der Waals surface area contributed by atoms with Crippen molar-refractivity contribution in [3.63, 3.8) is 0 Å². The van der Waals surface area contributed by atoms with Gasteiger partial charge >= 0.3 is 18.4 Å². The van der Waals surface area contributed by atoms with Gasteiger partial charge in [-0.05, 0) is 0 Å². The summed E-state index contributed by atoms with van der Waals surface area (Å²) in [5.41, 5.74) is 0. The number of aryl methyl sites for hydroxylation is 1. The quantitative estimate of drug-likeness (QED) is 0.387. The molecule has 0 aromatic carbocycles. The zero-order valence-electron chi connectivity index (χ0n) is 9.87. The monoisotopic (exact) mass is 300 g/mol. The molecule has 110 valence electrons. The van der Waals surface area contributed by atoms with Crippen molar-refractivity contribution in [2.45, 2.75) is 18.4 Å². The van der Waals surface area contributed by atoms with Crippen LogP contribution in [0.2, 0.25) is 0 Å². The molecule has 1 aromatic heterocycles. The summed E-state index contributed by atoms with van der Waals surface area (Å²) < 4.78 is 74.6. The van der Waals surface area contributed by atoms with Crippen molar-refractivity contribution < 1.29 is 30.9 Å². The third-order valence-electron chi connectivity index (χ3n) is 1.82.